The van der Waals surface area contributed by atoms with Gasteiger partial charge in [-0.1, -0.05) is 6.92 Å². The van der Waals surface area contributed by atoms with Gasteiger partial charge >= 0.3 is 0 Å². The lowest BCUT2D eigenvalue weighted by Crippen LogP contribution is -2.23. The minimum absolute atomic E-state index is 0.116. The summed E-state index contributed by atoms with van der Waals surface area (Å²) in [6, 6.07) is 5.37. The Morgan fingerprint density at radius 1 is 1.42 bits per heavy atom. The highest BCUT2D eigenvalue weighted by molar-refractivity contribution is 5.94. The van der Waals surface area contributed by atoms with Crippen molar-refractivity contribution in [2.24, 2.45) is 0 Å². The van der Waals surface area contributed by atoms with Crippen LogP contribution in [0.2, 0.25) is 0 Å². The molecule has 2 heterocycles. The SMILES string of the molecule is CCc1cc(C(=O)NCc2ccoc2)cc(NC)n1. The maximum Gasteiger partial charge on any atom is 0.251 e. The zero-order chi connectivity index (χ0) is 13.7. The summed E-state index contributed by atoms with van der Waals surface area (Å²) in [5.74, 6) is 0.586. The van der Waals surface area contributed by atoms with E-state index in [4.69, 9.17) is 4.42 Å². The summed E-state index contributed by atoms with van der Waals surface area (Å²) in [7, 11) is 1.79. The van der Waals surface area contributed by atoms with Gasteiger partial charge in [-0.15, -0.1) is 0 Å². The minimum Gasteiger partial charge on any atom is -0.472 e. The molecule has 0 fully saturated rings. The Bertz CT molecular complexity index is 528. The summed E-state index contributed by atoms with van der Waals surface area (Å²) in [6.07, 6.45) is 3.99. The molecule has 5 heteroatoms. The van der Waals surface area contributed by atoms with Crippen LogP contribution in [0.4, 0.5) is 5.82 Å². The van der Waals surface area contributed by atoms with E-state index in [1.54, 1.807) is 25.6 Å². The zero-order valence-corrected chi connectivity index (χ0v) is 11.1. The van der Waals surface area contributed by atoms with Gasteiger partial charge in [-0.25, -0.2) is 4.98 Å². The molecule has 0 radical (unpaired) electrons. The number of amides is 1. The third kappa shape index (κ3) is 3.34. The summed E-state index contributed by atoms with van der Waals surface area (Å²) >= 11 is 0. The first-order chi connectivity index (χ1) is 9.22. The second-order valence-corrected chi connectivity index (χ2v) is 4.15. The molecule has 2 aromatic heterocycles. The van der Waals surface area contributed by atoms with Crippen molar-refractivity contribution in [2.75, 3.05) is 12.4 Å². The van der Waals surface area contributed by atoms with E-state index in [9.17, 15) is 4.79 Å². The van der Waals surface area contributed by atoms with Gasteiger partial charge in [0.05, 0.1) is 12.5 Å². The first-order valence-electron chi connectivity index (χ1n) is 6.21. The molecule has 0 aliphatic heterocycles. The number of furan rings is 1. The summed E-state index contributed by atoms with van der Waals surface area (Å²) in [6.45, 7) is 2.46. The molecule has 2 aromatic rings. The Morgan fingerprint density at radius 3 is 2.89 bits per heavy atom. The van der Waals surface area contributed by atoms with Crippen LogP contribution in [-0.4, -0.2) is 17.9 Å². The highest BCUT2D eigenvalue weighted by atomic mass is 16.3. The fraction of sp³-hybridized carbons (Fsp3) is 0.286. The highest BCUT2D eigenvalue weighted by Gasteiger charge is 2.09. The molecule has 2 N–H and O–H groups in total. The highest BCUT2D eigenvalue weighted by Crippen LogP contribution is 2.11. The summed E-state index contributed by atoms with van der Waals surface area (Å²) in [5.41, 5.74) is 2.44. The van der Waals surface area contributed by atoms with Gasteiger partial charge < -0.3 is 15.1 Å². The van der Waals surface area contributed by atoms with Crippen molar-refractivity contribution in [1.29, 1.82) is 0 Å². The van der Waals surface area contributed by atoms with Crippen molar-refractivity contribution < 1.29 is 9.21 Å². The van der Waals surface area contributed by atoms with Crippen LogP contribution in [-0.2, 0) is 13.0 Å². The van der Waals surface area contributed by atoms with Crippen LogP contribution in [0.15, 0.2) is 35.1 Å². The molecule has 0 aliphatic rings. The summed E-state index contributed by atoms with van der Waals surface area (Å²) < 4.78 is 4.95. The molecule has 0 spiro atoms. The van der Waals surface area contributed by atoms with Gasteiger partial charge in [0.2, 0.25) is 0 Å². The van der Waals surface area contributed by atoms with Crippen LogP contribution in [0.3, 0.4) is 0 Å². The Kier molecular flexibility index (Phi) is 4.18. The van der Waals surface area contributed by atoms with Crippen molar-refractivity contribution in [3.63, 3.8) is 0 Å². The fourth-order valence-corrected chi connectivity index (χ4v) is 1.71. The number of nitrogens with zero attached hydrogens (tertiary/aromatic N) is 1. The van der Waals surface area contributed by atoms with Crippen LogP contribution >= 0.6 is 0 Å². The molecule has 0 saturated heterocycles. The first-order valence-corrected chi connectivity index (χ1v) is 6.21. The normalized spacial score (nSPS) is 10.2. The van der Waals surface area contributed by atoms with Gasteiger partial charge in [-0.05, 0) is 24.6 Å². The van der Waals surface area contributed by atoms with Gasteiger partial charge in [-0.2, -0.15) is 0 Å². The van der Waals surface area contributed by atoms with Crippen LogP contribution in [0.5, 0.6) is 0 Å². The van der Waals surface area contributed by atoms with E-state index in [2.05, 4.69) is 15.6 Å². The van der Waals surface area contributed by atoms with Crippen molar-refractivity contribution in [1.82, 2.24) is 10.3 Å². The fourth-order valence-electron chi connectivity index (χ4n) is 1.71. The van der Waals surface area contributed by atoms with E-state index in [-0.39, 0.29) is 5.91 Å². The average molecular weight is 259 g/mol. The van der Waals surface area contributed by atoms with E-state index in [1.165, 1.54) is 0 Å². The van der Waals surface area contributed by atoms with Crippen molar-refractivity contribution >= 4 is 11.7 Å². The predicted octanol–water partition coefficient (Wildman–Crippen LogP) is 2.21. The lowest BCUT2D eigenvalue weighted by molar-refractivity contribution is 0.0950. The molecular formula is C14H17N3O2. The first kappa shape index (κ1) is 13.1. The Balaban J connectivity index is 2.09. The number of rotatable bonds is 5. The third-order valence-electron chi connectivity index (χ3n) is 2.79. The van der Waals surface area contributed by atoms with Gasteiger partial charge in [0.25, 0.3) is 5.91 Å². The molecule has 100 valence electrons. The maximum atomic E-state index is 12.1. The quantitative estimate of drug-likeness (QED) is 0.864. The smallest absolute Gasteiger partial charge is 0.251 e. The van der Waals surface area contributed by atoms with E-state index >= 15 is 0 Å². The summed E-state index contributed by atoms with van der Waals surface area (Å²) in [5, 5.41) is 5.81. The number of carbonyl (C=O) groups is 1. The molecule has 0 bridgehead atoms. The van der Waals surface area contributed by atoms with E-state index in [0.717, 1.165) is 17.7 Å². The molecular weight excluding hydrogens is 242 g/mol. The number of carbonyl (C=O) groups excluding carboxylic acids is 1. The lowest BCUT2D eigenvalue weighted by Gasteiger charge is -2.08. The van der Waals surface area contributed by atoms with Crippen LogP contribution in [0.1, 0.15) is 28.5 Å². The van der Waals surface area contributed by atoms with Crippen LogP contribution in [0, 0.1) is 0 Å². The molecule has 0 aromatic carbocycles. The second-order valence-electron chi connectivity index (χ2n) is 4.15. The predicted molar refractivity (Wildman–Crippen MR) is 73.0 cm³/mol. The van der Waals surface area contributed by atoms with Gasteiger partial charge in [0, 0.05) is 30.4 Å². The Labute approximate surface area is 112 Å². The number of nitrogens with one attached hydrogen (secondary N) is 2. The van der Waals surface area contributed by atoms with Crippen molar-refractivity contribution in [2.45, 2.75) is 19.9 Å². The standard InChI is InChI=1S/C14H17N3O2/c1-3-12-6-11(7-13(15-2)17-12)14(18)16-8-10-4-5-19-9-10/h4-7,9H,3,8H2,1-2H3,(H,15,17)(H,16,18). The number of hydrogen-bond donors (Lipinski definition) is 2. The molecule has 5 nitrogen and oxygen atoms in total. The average Bonchev–Trinajstić information content (AvgIpc) is 2.97. The monoisotopic (exact) mass is 259 g/mol. The molecule has 19 heavy (non-hydrogen) atoms. The topological polar surface area (TPSA) is 67.2 Å². The van der Waals surface area contributed by atoms with Crippen molar-refractivity contribution in [3.8, 4) is 0 Å². The second kappa shape index (κ2) is 6.04. The van der Waals surface area contributed by atoms with Gasteiger partial charge in [-0.3, -0.25) is 4.79 Å². The number of pyridine rings is 1. The largest absolute Gasteiger partial charge is 0.472 e. The van der Waals surface area contributed by atoms with E-state index < -0.39 is 0 Å². The Morgan fingerprint density at radius 2 is 2.26 bits per heavy atom. The third-order valence-corrected chi connectivity index (χ3v) is 2.79. The van der Waals surface area contributed by atoms with E-state index in [0.29, 0.717) is 17.9 Å². The van der Waals surface area contributed by atoms with Gasteiger partial charge in [0.1, 0.15) is 5.82 Å². The Hall–Kier alpha value is -2.30. The number of hydrogen-bond acceptors (Lipinski definition) is 4. The molecule has 0 atom stereocenters. The zero-order valence-electron chi connectivity index (χ0n) is 11.1. The molecule has 1 amide bonds. The minimum atomic E-state index is -0.116. The molecule has 0 aliphatic carbocycles. The van der Waals surface area contributed by atoms with Crippen LogP contribution < -0.4 is 10.6 Å². The van der Waals surface area contributed by atoms with Crippen molar-refractivity contribution in [3.05, 3.63) is 47.5 Å². The number of anilines is 1. The van der Waals surface area contributed by atoms with Gasteiger partial charge in [0.15, 0.2) is 0 Å². The van der Waals surface area contributed by atoms with E-state index in [1.807, 2.05) is 19.1 Å². The lowest BCUT2D eigenvalue weighted by atomic mass is 10.1. The molecule has 0 unspecified atom stereocenters. The number of aromatic nitrogens is 1. The molecule has 2 rings (SSSR count). The number of aryl methyl sites for hydroxylation is 1. The molecule has 0 saturated carbocycles. The maximum absolute atomic E-state index is 12.1. The van der Waals surface area contributed by atoms with Crippen LogP contribution in [0.25, 0.3) is 0 Å². The summed E-state index contributed by atoms with van der Waals surface area (Å²) in [4.78, 5) is 16.4.